The van der Waals surface area contributed by atoms with Gasteiger partial charge in [-0.05, 0) is 17.8 Å². The molecule has 0 aliphatic carbocycles. The average molecular weight is 339 g/mol. The fourth-order valence-electron chi connectivity index (χ4n) is 2.59. The largest absolute Gasteiger partial charge is 0.390 e. The third-order valence-corrected chi connectivity index (χ3v) is 4.03. The summed E-state index contributed by atoms with van der Waals surface area (Å²) >= 11 is 0. The standard InChI is InChI=1S/C17H23N8/c1-5-12(6-2)21-15-7-14(20-13-8-18-10-19-9-13)17-23-22-16(11(3)4)25(17)24-15/h7-8,10-12,20H,5-6H2,1-4H3,(H,21,24)/q+1. The summed E-state index contributed by atoms with van der Waals surface area (Å²) in [5, 5.41) is 20.0. The molecule has 8 heteroatoms. The van der Waals surface area contributed by atoms with E-state index in [0.29, 0.717) is 17.4 Å². The summed E-state index contributed by atoms with van der Waals surface area (Å²) in [6.45, 7) is 8.47. The number of hydrogen-bond donors (Lipinski definition) is 2. The van der Waals surface area contributed by atoms with E-state index in [2.05, 4.69) is 64.7 Å². The molecule has 130 valence electrons. The van der Waals surface area contributed by atoms with Gasteiger partial charge in [-0.1, -0.05) is 27.7 Å². The first-order valence-corrected chi connectivity index (χ1v) is 8.60. The molecule has 0 aliphatic rings. The molecular weight excluding hydrogens is 316 g/mol. The van der Waals surface area contributed by atoms with Gasteiger partial charge in [0, 0.05) is 18.0 Å². The lowest BCUT2D eigenvalue weighted by Gasteiger charge is -2.16. The van der Waals surface area contributed by atoms with Crippen LogP contribution in [0.2, 0.25) is 0 Å². The van der Waals surface area contributed by atoms with Crippen molar-refractivity contribution in [1.82, 2.24) is 24.8 Å². The van der Waals surface area contributed by atoms with Crippen molar-refractivity contribution in [3.05, 3.63) is 30.6 Å². The lowest BCUT2D eigenvalue weighted by atomic mass is 10.2. The number of aromatic nitrogens is 6. The van der Waals surface area contributed by atoms with Gasteiger partial charge in [0.1, 0.15) is 5.82 Å². The molecule has 0 atom stereocenters. The maximum Gasteiger partial charge on any atom is 0.390 e. The van der Waals surface area contributed by atoms with E-state index in [4.69, 9.17) is 5.10 Å². The lowest BCUT2D eigenvalue weighted by Crippen LogP contribution is -2.19. The van der Waals surface area contributed by atoms with E-state index in [1.165, 1.54) is 6.33 Å². The molecule has 0 aromatic carbocycles. The number of fused-ring (bicyclic) bond motifs is 1. The highest BCUT2D eigenvalue weighted by Gasteiger charge is 2.17. The summed E-state index contributed by atoms with van der Waals surface area (Å²) < 4.78 is 1.79. The second kappa shape index (κ2) is 7.30. The van der Waals surface area contributed by atoms with Crippen LogP contribution in [-0.4, -0.2) is 30.8 Å². The lowest BCUT2D eigenvalue weighted by molar-refractivity contribution is -0.298. The highest BCUT2D eigenvalue weighted by molar-refractivity contribution is 5.74. The number of hydrogen-bond acceptors (Lipinski definition) is 6. The fraction of sp³-hybridized carbons (Fsp3) is 0.471. The minimum Gasteiger partial charge on any atom is -0.366 e. The van der Waals surface area contributed by atoms with E-state index < -0.39 is 0 Å². The van der Waals surface area contributed by atoms with Crippen molar-refractivity contribution < 1.29 is 4.98 Å². The highest BCUT2D eigenvalue weighted by Crippen LogP contribution is 2.25. The topological polar surface area (TPSA) is 94.1 Å². The summed E-state index contributed by atoms with van der Waals surface area (Å²) in [6, 6.07) is 2.30. The Morgan fingerprint density at radius 1 is 1.24 bits per heavy atom. The molecule has 0 spiro atoms. The summed E-state index contributed by atoms with van der Waals surface area (Å²) in [4.78, 5) is 7.93. The van der Waals surface area contributed by atoms with Gasteiger partial charge in [-0.2, -0.15) is 9.50 Å². The van der Waals surface area contributed by atoms with Crippen LogP contribution in [0.5, 0.6) is 0 Å². The number of nitrogens with one attached hydrogen (secondary N) is 2. The Morgan fingerprint density at radius 2 is 2.04 bits per heavy atom. The predicted molar refractivity (Wildman–Crippen MR) is 94.8 cm³/mol. The van der Waals surface area contributed by atoms with E-state index in [-0.39, 0.29) is 5.92 Å². The van der Waals surface area contributed by atoms with Crippen LogP contribution in [-0.2, 0) is 0 Å². The van der Waals surface area contributed by atoms with Crippen molar-refractivity contribution in [1.29, 1.82) is 0 Å². The zero-order chi connectivity index (χ0) is 17.8. The molecule has 0 fully saturated rings. The van der Waals surface area contributed by atoms with Gasteiger partial charge in [0.05, 0.1) is 5.69 Å². The van der Waals surface area contributed by atoms with Gasteiger partial charge in [-0.3, -0.25) is 0 Å². The third-order valence-electron chi connectivity index (χ3n) is 4.03. The third kappa shape index (κ3) is 3.60. The van der Waals surface area contributed by atoms with Gasteiger partial charge in [0.15, 0.2) is 17.7 Å². The molecule has 3 aromatic heterocycles. The van der Waals surface area contributed by atoms with Crippen LogP contribution < -0.4 is 15.6 Å². The molecule has 0 radical (unpaired) electrons. The van der Waals surface area contributed by atoms with E-state index in [1.54, 1.807) is 10.7 Å². The van der Waals surface area contributed by atoms with Crippen LogP contribution >= 0.6 is 0 Å². The molecule has 0 aliphatic heterocycles. The van der Waals surface area contributed by atoms with Crippen molar-refractivity contribution >= 4 is 22.8 Å². The van der Waals surface area contributed by atoms with Crippen LogP contribution in [0.1, 0.15) is 52.3 Å². The Bertz CT molecular complexity index is 823. The first kappa shape index (κ1) is 16.9. The molecule has 3 heterocycles. The first-order chi connectivity index (χ1) is 12.1. The quantitative estimate of drug-likeness (QED) is 0.682. The van der Waals surface area contributed by atoms with Crippen LogP contribution in [0, 0.1) is 6.20 Å². The minimum atomic E-state index is 0.213. The van der Waals surface area contributed by atoms with E-state index >= 15 is 0 Å². The summed E-state index contributed by atoms with van der Waals surface area (Å²) in [5.74, 6) is 1.81. The zero-order valence-corrected chi connectivity index (χ0v) is 15.0. The van der Waals surface area contributed by atoms with Crippen LogP contribution in [0.25, 0.3) is 5.65 Å². The normalized spacial score (nSPS) is 11.1. The van der Waals surface area contributed by atoms with E-state index in [1.807, 2.05) is 6.07 Å². The molecule has 0 amide bonds. The molecule has 0 unspecified atom stereocenters. The van der Waals surface area contributed by atoms with Crippen LogP contribution in [0.15, 0.2) is 18.6 Å². The van der Waals surface area contributed by atoms with Crippen LogP contribution in [0.3, 0.4) is 0 Å². The monoisotopic (exact) mass is 339 g/mol. The van der Waals surface area contributed by atoms with Gasteiger partial charge in [0.2, 0.25) is 11.8 Å². The van der Waals surface area contributed by atoms with E-state index in [9.17, 15) is 0 Å². The number of nitrogens with zero attached hydrogens (tertiary/aromatic N) is 6. The maximum absolute atomic E-state index is 4.69. The Hall–Kier alpha value is -2.95. The summed E-state index contributed by atoms with van der Waals surface area (Å²) in [5.41, 5.74) is 2.11. The Kier molecular flexibility index (Phi) is 4.93. The Morgan fingerprint density at radius 3 is 2.68 bits per heavy atom. The van der Waals surface area contributed by atoms with Gasteiger partial charge >= 0.3 is 6.33 Å². The van der Waals surface area contributed by atoms with Crippen molar-refractivity contribution in [2.45, 2.75) is 52.5 Å². The first-order valence-electron chi connectivity index (χ1n) is 8.60. The van der Waals surface area contributed by atoms with Gasteiger partial charge in [-0.25, -0.2) is 0 Å². The Balaban J connectivity index is 2.06. The van der Waals surface area contributed by atoms with Crippen molar-refractivity contribution in [3.63, 3.8) is 0 Å². The SMILES string of the molecule is CCC(CC)Nc1cc(Nc2c#[n+]cnc2)c2nnc(C(C)C)n2n1. The molecule has 0 bridgehead atoms. The van der Waals surface area contributed by atoms with E-state index in [0.717, 1.165) is 30.2 Å². The predicted octanol–water partition coefficient (Wildman–Crippen LogP) is 2.39. The molecule has 2 N–H and O–H groups in total. The summed E-state index contributed by atoms with van der Waals surface area (Å²) in [7, 11) is 0. The smallest absolute Gasteiger partial charge is 0.366 e. The van der Waals surface area contributed by atoms with Gasteiger partial charge in [-0.15, -0.1) is 15.3 Å². The minimum absolute atomic E-state index is 0.213. The van der Waals surface area contributed by atoms with Crippen molar-refractivity contribution in [3.8, 4) is 0 Å². The molecular formula is C17H23N8+. The van der Waals surface area contributed by atoms with Crippen molar-refractivity contribution in [2.75, 3.05) is 10.6 Å². The van der Waals surface area contributed by atoms with Gasteiger partial charge < -0.3 is 10.6 Å². The second-order valence-electron chi connectivity index (χ2n) is 6.22. The molecule has 3 rings (SSSR count). The summed E-state index contributed by atoms with van der Waals surface area (Å²) in [6.07, 6.45) is 8.03. The van der Waals surface area contributed by atoms with Crippen LogP contribution in [0.4, 0.5) is 17.2 Å². The fourth-order valence-corrected chi connectivity index (χ4v) is 2.59. The number of rotatable bonds is 7. The Labute approximate surface area is 147 Å². The number of anilines is 3. The highest BCUT2D eigenvalue weighted by atomic mass is 15.4. The average Bonchev–Trinajstić information content (AvgIpc) is 3.05. The molecule has 0 saturated carbocycles. The molecule has 3 aromatic rings. The zero-order valence-electron chi connectivity index (χ0n) is 15.0. The van der Waals surface area contributed by atoms with Crippen molar-refractivity contribution in [2.24, 2.45) is 0 Å². The maximum atomic E-state index is 4.69. The second-order valence-corrected chi connectivity index (χ2v) is 6.22. The molecule has 0 saturated heterocycles. The van der Waals surface area contributed by atoms with Gasteiger partial charge in [0.25, 0.3) is 0 Å². The molecule has 8 nitrogen and oxygen atoms in total. The molecule has 25 heavy (non-hydrogen) atoms.